The minimum atomic E-state index is 0.178. The van der Waals surface area contributed by atoms with Crippen LogP contribution in [0.2, 0.25) is 0 Å². The molecule has 17 heavy (non-hydrogen) atoms. The molecule has 0 spiro atoms. The average Bonchev–Trinajstić information content (AvgIpc) is 2.58. The highest BCUT2D eigenvalue weighted by Gasteiger charge is 2.15. The summed E-state index contributed by atoms with van der Waals surface area (Å²) in [5.74, 6) is 0.938. The molecule has 5 nitrogen and oxygen atoms in total. The van der Waals surface area contributed by atoms with Gasteiger partial charge in [-0.05, 0) is 12.8 Å². The molecule has 0 aromatic carbocycles. The molecule has 0 unspecified atom stereocenters. The molecule has 2 rings (SSSR count). The third kappa shape index (κ3) is 3.47. The van der Waals surface area contributed by atoms with E-state index < -0.39 is 0 Å². The molecular weight excluding hydrogens is 216 g/mol. The van der Waals surface area contributed by atoms with Crippen molar-refractivity contribution >= 4 is 11.7 Å². The standard InChI is InChI=1S/C12H20N4O/c1-15-9-6-11(14-15)13-10-12(17)16-7-4-2-3-5-8-16/h6,9H,2-5,7-8,10H2,1H3,(H,13,14). The van der Waals surface area contributed by atoms with Gasteiger partial charge in [0.05, 0.1) is 6.54 Å². The summed E-state index contributed by atoms with van der Waals surface area (Å²) in [6, 6.07) is 1.87. The average molecular weight is 236 g/mol. The van der Waals surface area contributed by atoms with Crippen LogP contribution in [-0.4, -0.2) is 40.2 Å². The zero-order valence-electron chi connectivity index (χ0n) is 10.4. The maximum atomic E-state index is 12.0. The summed E-state index contributed by atoms with van der Waals surface area (Å²) in [4.78, 5) is 13.9. The molecule has 1 aliphatic rings. The number of aromatic nitrogens is 2. The van der Waals surface area contributed by atoms with Gasteiger partial charge in [0, 0.05) is 32.4 Å². The first kappa shape index (κ1) is 12.0. The first-order chi connectivity index (χ1) is 8.25. The van der Waals surface area contributed by atoms with Crippen LogP contribution in [-0.2, 0) is 11.8 Å². The first-order valence-corrected chi connectivity index (χ1v) is 6.27. The smallest absolute Gasteiger partial charge is 0.241 e. The van der Waals surface area contributed by atoms with E-state index in [4.69, 9.17) is 0 Å². The Morgan fingerprint density at radius 3 is 2.65 bits per heavy atom. The van der Waals surface area contributed by atoms with Crippen LogP contribution < -0.4 is 5.32 Å². The maximum Gasteiger partial charge on any atom is 0.241 e. The number of amides is 1. The van der Waals surface area contributed by atoms with Crippen LogP contribution in [0.1, 0.15) is 25.7 Å². The Labute approximate surface area is 102 Å². The molecule has 94 valence electrons. The molecule has 1 fully saturated rings. The number of hydrogen-bond donors (Lipinski definition) is 1. The Bertz CT molecular complexity index is 366. The zero-order valence-corrected chi connectivity index (χ0v) is 10.4. The Kier molecular flexibility index (Phi) is 4.01. The van der Waals surface area contributed by atoms with E-state index in [1.807, 2.05) is 24.2 Å². The Morgan fingerprint density at radius 1 is 1.35 bits per heavy atom. The summed E-state index contributed by atoms with van der Waals surface area (Å²) in [7, 11) is 1.86. The van der Waals surface area contributed by atoms with Gasteiger partial charge in [-0.2, -0.15) is 5.10 Å². The van der Waals surface area contributed by atoms with E-state index in [0.717, 1.165) is 31.7 Å². The number of anilines is 1. The molecule has 1 aromatic rings. The van der Waals surface area contributed by atoms with Crippen molar-refractivity contribution in [3.63, 3.8) is 0 Å². The molecule has 1 aromatic heterocycles. The molecule has 0 bridgehead atoms. The lowest BCUT2D eigenvalue weighted by Gasteiger charge is -2.20. The Balaban J connectivity index is 1.79. The van der Waals surface area contributed by atoms with Crippen LogP contribution in [0.3, 0.4) is 0 Å². The molecule has 1 aliphatic heterocycles. The quantitative estimate of drug-likeness (QED) is 0.859. The van der Waals surface area contributed by atoms with Crippen molar-refractivity contribution in [2.24, 2.45) is 7.05 Å². The molecular formula is C12H20N4O. The van der Waals surface area contributed by atoms with Gasteiger partial charge < -0.3 is 10.2 Å². The SMILES string of the molecule is Cn1ccc(NCC(=O)N2CCCCCC2)n1. The van der Waals surface area contributed by atoms with Gasteiger partial charge in [0.15, 0.2) is 0 Å². The van der Waals surface area contributed by atoms with Crippen molar-refractivity contribution in [3.8, 4) is 0 Å². The van der Waals surface area contributed by atoms with Gasteiger partial charge in [0.25, 0.3) is 0 Å². The number of rotatable bonds is 3. The van der Waals surface area contributed by atoms with E-state index in [0.29, 0.717) is 6.54 Å². The van der Waals surface area contributed by atoms with Crippen molar-refractivity contribution in [1.82, 2.24) is 14.7 Å². The van der Waals surface area contributed by atoms with Gasteiger partial charge >= 0.3 is 0 Å². The zero-order chi connectivity index (χ0) is 12.1. The summed E-state index contributed by atoms with van der Waals surface area (Å²) in [5.41, 5.74) is 0. The van der Waals surface area contributed by atoms with E-state index in [1.165, 1.54) is 12.8 Å². The molecule has 1 saturated heterocycles. The van der Waals surface area contributed by atoms with Crippen molar-refractivity contribution in [2.75, 3.05) is 25.0 Å². The molecule has 1 N–H and O–H groups in total. The lowest BCUT2D eigenvalue weighted by atomic mass is 10.2. The minimum absolute atomic E-state index is 0.178. The number of aryl methyl sites for hydroxylation is 1. The molecule has 0 aliphatic carbocycles. The summed E-state index contributed by atoms with van der Waals surface area (Å²) in [6.07, 6.45) is 6.62. The summed E-state index contributed by atoms with van der Waals surface area (Å²) >= 11 is 0. The molecule has 1 amide bonds. The van der Waals surface area contributed by atoms with Crippen LogP contribution in [0.15, 0.2) is 12.3 Å². The molecule has 0 atom stereocenters. The third-order valence-corrected chi connectivity index (χ3v) is 3.09. The molecule has 0 radical (unpaired) electrons. The fourth-order valence-electron chi connectivity index (χ4n) is 2.11. The van der Waals surface area contributed by atoms with Gasteiger partial charge in [-0.1, -0.05) is 12.8 Å². The van der Waals surface area contributed by atoms with Gasteiger partial charge in [-0.25, -0.2) is 0 Å². The predicted molar refractivity (Wildman–Crippen MR) is 66.7 cm³/mol. The van der Waals surface area contributed by atoms with Crippen LogP contribution in [0.4, 0.5) is 5.82 Å². The van der Waals surface area contributed by atoms with E-state index in [-0.39, 0.29) is 5.91 Å². The van der Waals surface area contributed by atoms with Crippen LogP contribution in [0.5, 0.6) is 0 Å². The number of carbonyl (C=O) groups is 1. The van der Waals surface area contributed by atoms with Crippen molar-refractivity contribution in [1.29, 1.82) is 0 Å². The number of nitrogens with one attached hydrogen (secondary N) is 1. The normalized spacial score (nSPS) is 16.6. The van der Waals surface area contributed by atoms with Gasteiger partial charge in [-0.3, -0.25) is 9.48 Å². The number of likely N-dealkylation sites (tertiary alicyclic amines) is 1. The topological polar surface area (TPSA) is 50.2 Å². The van der Waals surface area contributed by atoms with Gasteiger partial charge in [0.2, 0.25) is 5.91 Å². The lowest BCUT2D eigenvalue weighted by molar-refractivity contribution is -0.129. The molecule has 2 heterocycles. The fraction of sp³-hybridized carbons (Fsp3) is 0.667. The molecule has 0 saturated carbocycles. The number of nitrogens with zero attached hydrogens (tertiary/aromatic N) is 3. The Morgan fingerprint density at radius 2 is 2.06 bits per heavy atom. The van der Waals surface area contributed by atoms with Crippen LogP contribution in [0, 0.1) is 0 Å². The second-order valence-corrected chi connectivity index (χ2v) is 4.52. The largest absolute Gasteiger partial charge is 0.360 e. The number of carbonyl (C=O) groups excluding carboxylic acids is 1. The van der Waals surface area contributed by atoms with Crippen molar-refractivity contribution < 1.29 is 4.79 Å². The van der Waals surface area contributed by atoms with E-state index in [1.54, 1.807) is 4.68 Å². The highest BCUT2D eigenvalue weighted by atomic mass is 16.2. The summed E-state index contributed by atoms with van der Waals surface area (Å²) in [6.45, 7) is 2.16. The monoisotopic (exact) mass is 236 g/mol. The van der Waals surface area contributed by atoms with Gasteiger partial charge in [0.1, 0.15) is 5.82 Å². The second-order valence-electron chi connectivity index (χ2n) is 4.52. The van der Waals surface area contributed by atoms with Gasteiger partial charge in [-0.15, -0.1) is 0 Å². The fourth-order valence-corrected chi connectivity index (χ4v) is 2.11. The van der Waals surface area contributed by atoms with E-state index in [2.05, 4.69) is 10.4 Å². The Hall–Kier alpha value is -1.52. The highest BCUT2D eigenvalue weighted by molar-refractivity contribution is 5.80. The number of hydrogen-bond acceptors (Lipinski definition) is 3. The van der Waals surface area contributed by atoms with E-state index >= 15 is 0 Å². The van der Waals surface area contributed by atoms with Crippen molar-refractivity contribution in [2.45, 2.75) is 25.7 Å². The van der Waals surface area contributed by atoms with Crippen LogP contribution >= 0.6 is 0 Å². The molecule has 5 heteroatoms. The summed E-state index contributed by atoms with van der Waals surface area (Å²) in [5, 5.41) is 7.24. The first-order valence-electron chi connectivity index (χ1n) is 6.27. The summed E-state index contributed by atoms with van der Waals surface area (Å²) < 4.78 is 1.72. The third-order valence-electron chi connectivity index (χ3n) is 3.09. The second kappa shape index (κ2) is 5.70. The van der Waals surface area contributed by atoms with E-state index in [9.17, 15) is 4.79 Å². The van der Waals surface area contributed by atoms with Crippen LogP contribution in [0.25, 0.3) is 0 Å². The van der Waals surface area contributed by atoms with Crippen molar-refractivity contribution in [3.05, 3.63) is 12.3 Å². The lowest BCUT2D eigenvalue weighted by Crippen LogP contribution is -2.36. The highest BCUT2D eigenvalue weighted by Crippen LogP contribution is 2.10. The predicted octanol–water partition coefficient (Wildman–Crippen LogP) is 1.23. The maximum absolute atomic E-state index is 12.0. The minimum Gasteiger partial charge on any atom is -0.360 e.